The van der Waals surface area contributed by atoms with Crippen LogP contribution < -0.4 is 5.32 Å². The Labute approximate surface area is 110 Å². The van der Waals surface area contributed by atoms with E-state index in [0.29, 0.717) is 25.3 Å². The molecular formula is C10H14N4O4S. The summed E-state index contributed by atoms with van der Waals surface area (Å²) in [6.07, 6.45) is 1.27. The Morgan fingerprint density at radius 2 is 2.26 bits per heavy atom. The van der Waals surface area contributed by atoms with Gasteiger partial charge in [0, 0.05) is 19.5 Å². The van der Waals surface area contributed by atoms with Crippen LogP contribution in [0.3, 0.4) is 0 Å². The molecule has 9 heteroatoms. The number of aromatic nitrogens is 2. The average molecular weight is 286 g/mol. The summed E-state index contributed by atoms with van der Waals surface area (Å²) in [6, 6.07) is -0.738. The zero-order chi connectivity index (χ0) is 13.6. The number of piperazine rings is 1. The molecule has 0 aromatic carbocycles. The number of aryl methyl sites for hydroxylation is 1. The van der Waals surface area contributed by atoms with Crippen molar-refractivity contribution in [2.45, 2.75) is 37.6 Å². The largest absolute Gasteiger partial charge is 0.353 e. The number of amides is 1. The van der Waals surface area contributed by atoms with Gasteiger partial charge in [0.05, 0.1) is 0 Å². The van der Waals surface area contributed by atoms with Crippen molar-refractivity contribution in [1.82, 2.24) is 19.8 Å². The Hall–Kier alpha value is -1.48. The lowest BCUT2D eigenvalue weighted by Gasteiger charge is -2.32. The molecule has 3 heterocycles. The molecule has 1 N–H and O–H groups in total. The van der Waals surface area contributed by atoms with E-state index in [4.69, 9.17) is 4.52 Å². The summed E-state index contributed by atoms with van der Waals surface area (Å²) in [5.74, 6) is -0.0981. The van der Waals surface area contributed by atoms with Gasteiger partial charge in [0.2, 0.25) is 21.8 Å². The van der Waals surface area contributed by atoms with E-state index in [1.54, 1.807) is 6.92 Å². The van der Waals surface area contributed by atoms with Crippen molar-refractivity contribution in [2.24, 2.45) is 0 Å². The van der Waals surface area contributed by atoms with Crippen LogP contribution in [-0.4, -0.2) is 47.4 Å². The molecule has 8 nitrogen and oxygen atoms in total. The van der Waals surface area contributed by atoms with Crippen LogP contribution in [0.5, 0.6) is 0 Å². The van der Waals surface area contributed by atoms with Gasteiger partial charge in [-0.25, -0.2) is 8.42 Å². The van der Waals surface area contributed by atoms with Gasteiger partial charge in [-0.05, 0) is 12.8 Å². The average Bonchev–Trinajstić information content (AvgIpc) is 2.88. The molecule has 0 spiro atoms. The van der Waals surface area contributed by atoms with E-state index in [-0.39, 0.29) is 23.5 Å². The molecule has 1 amide bonds. The van der Waals surface area contributed by atoms with Crippen LogP contribution in [0.15, 0.2) is 4.52 Å². The Bertz CT molecular complexity index is 611. The summed E-state index contributed by atoms with van der Waals surface area (Å²) in [4.78, 5) is 15.6. The molecule has 2 atom stereocenters. The van der Waals surface area contributed by atoms with Gasteiger partial charge in [0.1, 0.15) is 11.8 Å². The predicted octanol–water partition coefficient (Wildman–Crippen LogP) is -0.829. The van der Waals surface area contributed by atoms with Crippen LogP contribution in [0.25, 0.3) is 0 Å². The molecule has 19 heavy (non-hydrogen) atoms. The fraction of sp³-hybridized carbons (Fsp3) is 0.700. The highest BCUT2D eigenvalue weighted by molar-refractivity contribution is 7.88. The van der Waals surface area contributed by atoms with Gasteiger partial charge in [0.25, 0.3) is 0 Å². The third-order valence-electron chi connectivity index (χ3n) is 3.46. The van der Waals surface area contributed by atoms with Crippen molar-refractivity contribution in [3.05, 3.63) is 11.7 Å². The number of sulfonamides is 1. The molecule has 2 unspecified atom stereocenters. The van der Waals surface area contributed by atoms with E-state index < -0.39 is 16.1 Å². The van der Waals surface area contributed by atoms with Crippen LogP contribution >= 0.6 is 0 Å². The first-order valence-electron chi connectivity index (χ1n) is 6.05. The molecule has 1 aromatic rings. The summed E-state index contributed by atoms with van der Waals surface area (Å²) in [7, 11) is -3.60. The standard InChI is InChI=1S/C10H14N4O4S/c1-6-12-9(13-18-6)5-19(16,17)14-7-2-3-8(14)10(15)11-4-7/h7-8H,2-5H2,1H3,(H,11,15). The van der Waals surface area contributed by atoms with Crippen molar-refractivity contribution < 1.29 is 17.7 Å². The summed E-state index contributed by atoms with van der Waals surface area (Å²) in [5, 5.41) is 6.31. The minimum absolute atomic E-state index is 0.128. The summed E-state index contributed by atoms with van der Waals surface area (Å²) >= 11 is 0. The molecule has 104 valence electrons. The van der Waals surface area contributed by atoms with Gasteiger partial charge in [-0.15, -0.1) is 0 Å². The van der Waals surface area contributed by atoms with Crippen molar-refractivity contribution in [1.29, 1.82) is 0 Å². The van der Waals surface area contributed by atoms with Crippen LogP contribution in [0.2, 0.25) is 0 Å². The molecule has 2 bridgehead atoms. The first kappa shape index (κ1) is 12.5. The monoisotopic (exact) mass is 286 g/mol. The Balaban J connectivity index is 1.86. The Kier molecular flexibility index (Phi) is 2.82. The van der Waals surface area contributed by atoms with E-state index in [2.05, 4.69) is 15.5 Å². The highest BCUT2D eigenvalue weighted by atomic mass is 32.2. The summed E-state index contributed by atoms with van der Waals surface area (Å²) < 4.78 is 30.9. The lowest BCUT2D eigenvalue weighted by atomic mass is 10.2. The topological polar surface area (TPSA) is 105 Å². The fourth-order valence-electron chi connectivity index (χ4n) is 2.69. The van der Waals surface area contributed by atoms with Gasteiger partial charge >= 0.3 is 0 Å². The number of rotatable bonds is 3. The highest BCUT2D eigenvalue weighted by Gasteiger charge is 2.48. The molecular weight excluding hydrogens is 272 g/mol. The van der Waals surface area contributed by atoms with E-state index in [1.807, 2.05) is 0 Å². The van der Waals surface area contributed by atoms with E-state index in [0.717, 1.165) is 0 Å². The molecule has 2 aliphatic rings. The normalized spacial score (nSPS) is 27.5. The lowest BCUT2D eigenvalue weighted by molar-refractivity contribution is -0.126. The number of carbonyl (C=O) groups is 1. The van der Waals surface area contributed by atoms with Gasteiger partial charge in [-0.1, -0.05) is 5.16 Å². The van der Waals surface area contributed by atoms with Crippen LogP contribution in [-0.2, 0) is 20.6 Å². The second-order valence-electron chi connectivity index (χ2n) is 4.81. The molecule has 2 saturated heterocycles. The SMILES string of the molecule is Cc1nc(CS(=O)(=O)N2C3CCC2C(=O)NC3)no1. The minimum atomic E-state index is -3.60. The first-order valence-corrected chi connectivity index (χ1v) is 7.66. The van der Waals surface area contributed by atoms with E-state index in [9.17, 15) is 13.2 Å². The molecule has 0 saturated carbocycles. The number of fused-ring (bicyclic) bond motifs is 2. The van der Waals surface area contributed by atoms with Gasteiger partial charge < -0.3 is 9.84 Å². The highest BCUT2D eigenvalue weighted by Crippen LogP contribution is 2.31. The van der Waals surface area contributed by atoms with Crippen molar-refractivity contribution in [3.63, 3.8) is 0 Å². The fourth-order valence-corrected chi connectivity index (χ4v) is 4.51. The molecule has 1 aromatic heterocycles. The van der Waals surface area contributed by atoms with Gasteiger partial charge in [-0.2, -0.15) is 9.29 Å². The lowest BCUT2D eigenvalue weighted by Crippen LogP contribution is -2.57. The number of carbonyl (C=O) groups excluding carboxylic acids is 1. The van der Waals surface area contributed by atoms with Crippen molar-refractivity contribution >= 4 is 15.9 Å². The molecule has 0 radical (unpaired) electrons. The smallest absolute Gasteiger partial charge is 0.238 e. The molecule has 2 aliphatic heterocycles. The molecule has 0 aliphatic carbocycles. The van der Waals surface area contributed by atoms with Gasteiger partial charge in [0.15, 0.2) is 5.82 Å². The van der Waals surface area contributed by atoms with Crippen LogP contribution in [0.1, 0.15) is 24.6 Å². The maximum atomic E-state index is 12.4. The maximum Gasteiger partial charge on any atom is 0.238 e. The zero-order valence-corrected chi connectivity index (χ0v) is 11.2. The second-order valence-corrected chi connectivity index (χ2v) is 6.68. The number of hydrogen-bond donors (Lipinski definition) is 1. The maximum absolute atomic E-state index is 12.4. The second kappa shape index (κ2) is 4.27. The third-order valence-corrected chi connectivity index (χ3v) is 5.28. The zero-order valence-electron chi connectivity index (χ0n) is 10.4. The molecule has 3 rings (SSSR count). The van der Waals surface area contributed by atoms with Crippen LogP contribution in [0, 0.1) is 6.92 Å². The first-order chi connectivity index (χ1) is 8.97. The predicted molar refractivity (Wildman–Crippen MR) is 63.3 cm³/mol. The summed E-state index contributed by atoms with van der Waals surface area (Å²) in [6.45, 7) is 1.97. The quantitative estimate of drug-likeness (QED) is 0.777. The third kappa shape index (κ3) is 2.12. The molecule has 2 fully saturated rings. The Morgan fingerprint density at radius 1 is 1.47 bits per heavy atom. The summed E-state index contributed by atoms with van der Waals surface area (Å²) in [5.41, 5.74) is 0. The van der Waals surface area contributed by atoms with Crippen molar-refractivity contribution in [2.75, 3.05) is 6.54 Å². The number of nitrogens with zero attached hydrogens (tertiary/aromatic N) is 3. The number of hydrogen-bond acceptors (Lipinski definition) is 6. The van der Waals surface area contributed by atoms with Crippen LogP contribution in [0.4, 0.5) is 0 Å². The number of nitrogens with one attached hydrogen (secondary N) is 1. The Morgan fingerprint density at radius 3 is 2.95 bits per heavy atom. The van der Waals surface area contributed by atoms with Crippen molar-refractivity contribution in [3.8, 4) is 0 Å². The van der Waals surface area contributed by atoms with Gasteiger partial charge in [-0.3, -0.25) is 4.79 Å². The minimum Gasteiger partial charge on any atom is -0.353 e. The van der Waals surface area contributed by atoms with E-state index in [1.165, 1.54) is 4.31 Å². The van der Waals surface area contributed by atoms with E-state index >= 15 is 0 Å².